The van der Waals surface area contributed by atoms with Crippen LogP contribution < -0.4 is 0 Å². The van der Waals surface area contributed by atoms with Gasteiger partial charge in [0.05, 0.1) is 40.0 Å². The van der Waals surface area contributed by atoms with Gasteiger partial charge in [0.2, 0.25) is 0 Å². The van der Waals surface area contributed by atoms with Crippen LogP contribution in [0.25, 0.3) is 0 Å². The number of aliphatic hydroxyl groups is 1. The topological polar surface area (TPSA) is 161 Å². The first-order valence-electron chi connectivity index (χ1n) is 18.4. The number of cyclic esters (lactones) is 1. The molecule has 0 aromatic heterocycles. The maximum absolute atomic E-state index is 14.8. The van der Waals surface area contributed by atoms with Crippen molar-refractivity contribution in [3.8, 4) is 0 Å². The van der Waals surface area contributed by atoms with E-state index in [1.165, 1.54) is 6.92 Å². The van der Waals surface area contributed by atoms with E-state index in [-0.39, 0.29) is 41.7 Å². The van der Waals surface area contributed by atoms with E-state index in [0.29, 0.717) is 5.57 Å². The molecule has 286 valence electrons. The van der Waals surface area contributed by atoms with Crippen molar-refractivity contribution in [1.82, 2.24) is 0 Å². The minimum Gasteiger partial charge on any atom is -0.458 e. The number of carbonyl (C=O) groups excluding carboxylic acids is 5. The van der Waals surface area contributed by atoms with Gasteiger partial charge < -0.3 is 33.5 Å². The molecule has 2 aliphatic heterocycles. The first kappa shape index (κ1) is 36.6. The van der Waals surface area contributed by atoms with Crippen LogP contribution in [0.3, 0.4) is 0 Å². The van der Waals surface area contributed by atoms with E-state index in [4.69, 9.17) is 28.4 Å². The second-order valence-electron chi connectivity index (χ2n) is 15.9. The SMILES string of the molecule is CC(=O)O[C@@]12CO[C@@H]1C[C@H](OC(=O)c1ccccc1)[C@]1(C)C2[C@H](OC(=O)c2ccccc2)[C@]23C[C@H](OC(=O)c4ccccc4)C(C)=C2[C@@]1(O)C(=O)OC3(C)C. The van der Waals surface area contributed by atoms with Crippen molar-refractivity contribution in [1.29, 1.82) is 0 Å². The Kier molecular flexibility index (Phi) is 8.40. The summed E-state index contributed by atoms with van der Waals surface area (Å²) in [7, 11) is 0. The fourth-order valence-corrected chi connectivity index (χ4v) is 10.4. The number of ether oxygens (including phenoxy) is 6. The van der Waals surface area contributed by atoms with Gasteiger partial charge in [-0.2, -0.15) is 0 Å². The van der Waals surface area contributed by atoms with Crippen molar-refractivity contribution >= 4 is 29.8 Å². The summed E-state index contributed by atoms with van der Waals surface area (Å²) in [5.41, 5.74) is -7.93. The van der Waals surface area contributed by atoms with E-state index >= 15 is 0 Å². The van der Waals surface area contributed by atoms with Crippen LogP contribution in [0.4, 0.5) is 0 Å². The highest BCUT2D eigenvalue weighted by atomic mass is 16.6. The Morgan fingerprint density at radius 3 is 1.76 bits per heavy atom. The fraction of sp³-hybridized carbons (Fsp3) is 0.419. The third kappa shape index (κ3) is 5.00. The lowest BCUT2D eigenvalue weighted by atomic mass is 9.37. The summed E-state index contributed by atoms with van der Waals surface area (Å²) in [5, 5.41) is 13.6. The summed E-state index contributed by atoms with van der Waals surface area (Å²) >= 11 is 0. The average Bonchev–Trinajstić information content (AvgIpc) is 3.47. The summed E-state index contributed by atoms with van der Waals surface area (Å²) in [5.74, 6) is -5.06. The Morgan fingerprint density at radius 1 is 0.764 bits per heavy atom. The number of carbonyl (C=O) groups is 5. The van der Waals surface area contributed by atoms with Crippen LogP contribution in [0.2, 0.25) is 0 Å². The number of rotatable bonds is 7. The van der Waals surface area contributed by atoms with Gasteiger partial charge in [0.15, 0.2) is 11.2 Å². The van der Waals surface area contributed by atoms with E-state index in [9.17, 15) is 29.1 Å². The molecule has 5 aliphatic rings. The minimum atomic E-state index is -2.59. The zero-order valence-corrected chi connectivity index (χ0v) is 31.1. The molecular formula is C43H42O12. The van der Waals surface area contributed by atoms with Crippen LogP contribution >= 0.6 is 0 Å². The number of esters is 5. The Hall–Kier alpha value is -5.33. The summed E-state index contributed by atoms with van der Waals surface area (Å²) in [4.78, 5) is 69.8. The zero-order chi connectivity index (χ0) is 39.1. The van der Waals surface area contributed by atoms with Crippen LogP contribution in [0.5, 0.6) is 0 Å². The molecule has 1 unspecified atom stereocenters. The minimum absolute atomic E-state index is 0.0786. The van der Waals surface area contributed by atoms with Crippen LogP contribution in [-0.4, -0.2) is 82.8 Å². The fourth-order valence-electron chi connectivity index (χ4n) is 10.4. The van der Waals surface area contributed by atoms with Gasteiger partial charge in [-0.3, -0.25) is 4.79 Å². The largest absolute Gasteiger partial charge is 0.458 e. The van der Waals surface area contributed by atoms with Gasteiger partial charge in [-0.1, -0.05) is 61.5 Å². The highest BCUT2D eigenvalue weighted by Gasteiger charge is 2.88. The molecular weight excluding hydrogens is 708 g/mol. The monoisotopic (exact) mass is 750 g/mol. The summed E-state index contributed by atoms with van der Waals surface area (Å²) in [6.07, 6.45) is -4.73. The molecule has 3 aromatic rings. The summed E-state index contributed by atoms with van der Waals surface area (Å²) < 4.78 is 37.8. The van der Waals surface area contributed by atoms with Crippen molar-refractivity contribution in [3.05, 3.63) is 119 Å². The maximum atomic E-state index is 14.8. The third-order valence-electron chi connectivity index (χ3n) is 12.9. The van der Waals surface area contributed by atoms with Crippen LogP contribution in [-0.2, 0) is 38.0 Å². The molecule has 3 aromatic carbocycles. The maximum Gasteiger partial charge on any atom is 0.343 e. The zero-order valence-electron chi connectivity index (χ0n) is 31.1. The number of hydrogen-bond donors (Lipinski definition) is 1. The van der Waals surface area contributed by atoms with Gasteiger partial charge in [-0.05, 0) is 68.3 Å². The van der Waals surface area contributed by atoms with Gasteiger partial charge >= 0.3 is 29.8 Å². The lowest BCUT2D eigenvalue weighted by Crippen LogP contribution is -2.87. The van der Waals surface area contributed by atoms with E-state index in [0.717, 1.165) is 0 Å². The van der Waals surface area contributed by atoms with Crippen molar-refractivity contribution in [2.75, 3.05) is 6.61 Å². The second kappa shape index (κ2) is 12.6. The van der Waals surface area contributed by atoms with E-state index in [2.05, 4.69) is 0 Å². The number of fused-ring (bicyclic) bond motifs is 4. The third-order valence-corrected chi connectivity index (χ3v) is 12.9. The molecule has 2 saturated carbocycles. The summed E-state index contributed by atoms with van der Waals surface area (Å²) in [6, 6.07) is 24.9. The molecule has 1 N–H and O–H groups in total. The predicted octanol–water partition coefficient (Wildman–Crippen LogP) is 5.18. The van der Waals surface area contributed by atoms with Crippen LogP contribution in [0, 0.1) is 16.7 Å². The Balaban J connectivity index is 1.38. The Morgan fingerprint density at radius 2 is 1.27 bits per heavy atom. The molecule has 55 heavy (non-hydrogen) atoms. The van der Waals surface area contributed by atoms with Crippen LogP contribution in [0.1, 0.15) is 78.5 Å². The summed E-state index contributed by atoms with van der Waals surface area (Å²) in [6.45, 7) is 7.65. The van der Waals surface area contributed by atoms with Gasteiger partial charge in [0, 0.05) is 19.8 Å². The molecule has 0 radical (unpaired) electrons. The first-order valence-corrected chi connectivity index (χ1v) is 18.4. The molecule has 12 nitrogen and oxygen atoms in total. The molecule has 3 aliphatic carbocycles. The molecule has 9 atom stereocenters. The van der Waals surface area contributed by atoms with Crippen molar-refractivity contribution in [3.63, 3.8) is 0 Å². The van der Waals surface area contributed by atoms with E-state index < -0.39 is 87.8 Å². The predicted molar refractivity (Wildman–Crippen MR) is 192 cm³/mol. The van der Waals surface area contributed by atoms with E-state index in [1.54, 1.807) is 119 Å². The van der Waals surface area contributed by atoms with Crippen molar-refractivity contribution in [2.45, 2.75) is 88.7 Å². The van der Waals surface area contributed by atoms with Crippen molar-refractivity contribution < 1.29 is 57.5 Å². The Labute approximate surface area is 317 Å². The van der Waals surface area contributed by atoms with Gasteiger partial charge in [-0.25, -0.2) is 19.2 Å². The molecule has 2 bridgehead atoms. The highest BCUT2D eigenvalue weighted by molar-refractivity contribution is 5.93. The number of hydrogen-bond acceptors (Lipinski definition) is 12. The van der Waals surface area contributed by atoms with E-state index in [1.807, 2.05) is 0 Å². The van der Waals surface area contributed by atoms with Gasteiger partial charge in [-0.15, -0.1) is 0 Å². The lowest BCUT2D eigenvalue weighted by Gasteiger charge is -2.74. The molecule has 0 spiro atoms. The highest BCUT2D eigenvalue weighted by Crippen LogP contribution is 2.76. The van der Waals surface area contributed by atoms with Crippen molar-refractivity contribution in [2.24, 2.45) is 16.7 Å². The standard InChI is InChI=1S/C43H42O12/c1-24-29(51-35(45)26-15-9-6-10-16-26)22-41-32(24)43(49,38(48)55-39(41,3)4)40(5)30(52-36(46)27-17-11-7-12-18-27)21-31-42(23-50-31,54-25(2)44)33(40)34(41)53-37(47)28-19-13-8-14-20-28/h6-20,29-31,33-34,49H,21-23H2,1-5H3/t29-,30-,31+,33?,34-,40+,41-,42-,43+/m0/s1. The molecule has 8 rings (SSSR count). The molecule has 4 fully saturated rings. The molecule has 12 heteroatoms. The second-order valence-corrected chi connectivity index (χ2v) is 15.9. The smallest absolute Gasteiger partial charge is 0.343 e. The quantitative estimate of drug-likeness (QED) is 0.192. The lowest BCUT2D eigenvalue weighted by molar-refractivity contribution is -0.380. The molecule has 0 amide bonds. The van der Waals surface area contributed by atoms with Gasteiger partial charge in [0.1, 0.15) is 30.0 Å². The van der Waals surface area contributed by atoms with Crippen LogP contribution in [0.15, 0.2) is 102 Å². The normalized spacial score (nSPS) is 35.1. The molecule has 2 saturated heterocycles. The van der Waals surface area contributed by atoms with Gasteiger partial charge in [0.25, 0.3) is 0 Å². The number of benzene rings is 3. The molecule has 2 heterocycles. The average molecular weight is 751 g/mol. The first-order chi connectivity index (χ1) is 26.1. The Bertz CT molecular complexity index is 2110.